The molecule has 0 aliphatic heterocycles. The maximum absolute atomic E-state index is 9.68. The maximum atomic E-state index is 9.68. The van der Waals surface area contributed by atoms with Gasteiger partial charge in [0.15, 0.2) is 11.5 Å². The predicted octanol–water partition coefficient (Wildman–Crippen LogP) is 2.39. The average molecular weight is 247 g/mol. The average Bonchev–Trinajstić information content (AvgIpc) is 2.34. The van der Waals surface area contributed by atoms with Gasteiger partial charge in [0, 0.05) is 17.8 Å². The topological polar surface area (TPSA) is 51.6 Å². The fourth-order valence-electron chi connectivity index (χ4n) is 1.62. The molecule has 4 nitrogen and oxygen atoms in total. The molecule has 2 aromatic rings. The van der Waals surface area contributed by atoms with E-state index in [1.165, 1.54) is 0 Å². The summed E-state index contributed by atoms with van der Waals surface area (Å²) in [5.41, 5.74) is -0.880. The molecule has 0 amide bonds. The second-order valence-corrected chi connectivity index (χ2v) is 4.83. The van der Waals surface area contributed by atoms with Gasteiger partial charge in [0.1, 0.15) is 6.61 Å². The summed E-state index contributed by atoms with van der Waals surface area (Å²) in [7, 11) is 1.60. The normalized spacial score (nSPS) is 11.6. The molecule has 2 rings (SSSR count). The Labute approximate surface area is 106 Å². The first-order valence-corrected chi connectivity index (χ1v) is 5.76. The Bertz CT molecular complexity index is 546. The molecule has 0 spiro atoms. The third kappa shape index (κ3) is 2.90. The van der Waals surface area contributed by atoms with E-state index < -0.39 is 5.60 Å². The van der Waals surface area contributed by atoms with Crippen molar-refractivity contribution in [2.45, 2.75) is 19.4 Å². The van der Waals surface area contributed by atoms with Gasteiger partial charge in [0.05, 0.1) is 12.7 Å². The van der Waals surface area contributed by atoms with Crippen molar-refractivity contribution in [3.05, 3.63) is 30.6 Å². The number of rotatable bonds is 4. The minimum Gasteiger partial charge on any atom is -0.493 e. The van der Waals surface area contributed by atoms with Crippen LogP contribution in [0.15, 0.2) is 30.6 Å². The van der Waals surface area contributed by atoms with E-state index in [4.69, 9.17) is 9.47 Å². The van der Waals surface area contributed by atoms with E-state index in [1.807, 2.05) is 18.2 Å². The lowest BCUT2D eigenvalue weighted by molar-refractivity contribution is 0.0277. The third-order valence-corrected chi connectivity index (χ3v) is 2.50. The SMILES string of the molecule is COc1cc2ccncc2cc1OCC(C)(C)O. The van der Waals surface area contributed by atoms with E-state index in [-0.39, 0.29) is 6.61 Å². The lowest BCUT2D eigenvalue weighted by Gasteiger charge is -2.19. The molecule has 0 atom stereocenters. The Hall–Kier alpha value is -1.81. The molecule has 96 valence electrons. The molecule has 0 aliphatic carbocycles. The zero-order valence-corrected chi connectivity index (χ0v) is 10.8. The lowest BCUT2D eigenvalue weighted by atomic mass is 10.1. The number of nitrogens with zero attached hydrogens (tertiary/aromatic N) is 1. The van der Waals surface area contributed by atoms with Crippen LogP contribution in [0.2, 0.25) is 0 Å². The lowest BCUT2D eigenvalue weighted by Crippen LogP contribution is -2.27. The van der Waals surface area contributed by atoms with E-state index in [0.29, 0.717) is 11.5 Å². The van der Waals surface area contributed by atoms with Crippen molar-refractivity contribution >= 4 is 10.8 Å². The van der Waals surface area contributed by atoms with E-state index in [2.05, 4.69) is 4.98 Å². The number of methoxy groups -OCH3 is 1. The van der Waals surface area contributed by atoms with E-state index in [1.54, 1.807) is 33.4 Å². The van der Waals surface area contributed by atoms with Gasteiger partial charge in [-0.05, 0) is 37.4 Å². The fourth-order valence-corrected chi connectivity index (χ4v) is 1.62. The van der Waals surface area contributed by atoms with Crippen molar-refractivity contribution in [2.24, 2.45) is 0 Å². The third-order valence-electron chi connectivity index (χ3n) is 2.50. The zero-order chi connectivity index (χ0) is 13.2. The molecular formula is C14H17NO3. The van der Waals surface area contributed by atoms with Gasteiger partial charge in [-0.1, -0.05) is 0 Å². The summed E-state index contributed by atoms with van der Waals surface area (Å²) in [6, 6.07) is 5.68. The van der Waals surface area contributed by atoms with Gasteiger partial charge in [0.2, 0.25) is 0 Å². The van der Waals surface area contributed by atoms with Crippen molar-refractivity contribution in [3.8, 4) is 11.5 Å². The Balaban J connectivity index is 2.36. The maximum Gasteiger partial charge on any atom is 0.162 e. The van der Waals surface area contributed by atoms with Gasteiger partial charge in [-0.3, -0.25) is 4.98 Å². The van der Waals surface area contributed by atoms with Gasteiger partial charge in [-0.15, -0.1) is 0 Å². The van der Waals surface area contributed by atoms with Gasteiger partial charge in [0.25, 0.3) is 0 Å². The van der Waals surface area contributed by atoms with Gasteiger partial charge >= 0.3 is 0 Å². The summed E-state index contributed by atoms with van der Waals surface area (Å²) in [4.78, 5) is 4.07. The molecule has 0 fully saturated rings. The summed E-state index contributed by atoms with van der Waals surface area (Å²) in [6.07, 6.45) is 3.50. The number of pyridine rings is 1. The molecule has 1 aromatic heterocycles. The second-order valence-electron chi connectivity index (χ2n) is 4.83. The molecule has 0 unspecified atom stereocenters. The quantitative estimate of drug-likeness (QED) is 0.901. The molecule has 0 aliphatic rings. The molecule has 4 heteroatoms. The van der Waals surface area contributed by atoms with Crippen molar-refractivity contribution in [1.82, 2.24) is 4.98 Å². The molecular weight excluding hydrogens is 230 g/mol. The fraction of sp³-hybridized carbons (Fsp3) is 0.357. The van der Waals surface area contributed by atoms with Crippen LogP contribution in [0.1, 0.15) is 13.8 Å². The van der Waals surface area contributed by atoms with E-state index >= 15 is 0 Å². The molecule has 0 saturated heterocycles. The minimum atomic E-state index is -0.880. The van der Waals surface area contributed by atoms with Crippen LogP contribution in [0.4, 0.5) is 0 Å². The Kier molecular flexibility index (Phi) is 3.39. The van der Waals surface area contributed by atoms with Crippen molar-refractivity contribution < 1.29 is 14.6 Å². The number of benzene rings is 1. The largest absolute Gasteiger partial charge is 0.493 e. The molecule has 1 heterocycles. The van der Waals surface area contributed by atoms with Gasteiger partial charge in [-0.2, -0.15) is 0 Å². The van der Waals surface area contributed by atoms with Crippen molar-refractivity contribution in [3.63, 3.8) is 0 Å². The zero-order valence-electron chi connectivity index (χ0n) is 10.8. The number of hydrogen-bond acceptors (Lipinski definition) is 4. The highest BCUT2D eigenvalue weighted by atomic mass is 16.5. The van der Waals surface area contributed by atoms with E-state index in [9.17, 15) is 5.11 Å². The summed E-state index contributed by atoms with van der Waals surface area (Å²) < 4.78 is 10.9. The summed E-state index contributed by atoms with van der Waals surface area (Å²) >= 11 is 0. The Morgan fingerprint density at radius 2 is 1.94 bits per heavy atom. The van der Waals surface area contributed by atoms with Gasteiger partial charge in [-0.25, -0.2) is 0 Å². The molecule has 1 N–H and O–H groups in total. The van der Waals surface area contributed by atoms with Crippen LogP contribution in [0.5, 0.6) is 11.5 Å². The Morgan fingerprint density at radius 3 is 2.61 bits per heavy atom. The number of ether oxygens (including phenoxy) is 2. The molecule has 18 heavy (non-hydrogen) atoms. The standard InChI is InChI=1S/C14H17NO3/c1-14(2,16)9-18-13-7-11-8-15-5-4-10(11)6-12(13)17-3/h4-8,16H,9H2,1-3H3. The van der Waals surface area contributed by atoms with Crippen LogP contribution >= 0.6 is 0 Å². The van der Waals surface area contributed by atoms with Crippen LogP contribution in [0.3, 0.4) is 0 Å². The van der Waals surface area contributed by atoms with Crippen LogP contribution in [-0.4, -0.2) is 29.4 Å². The number of aromatic nitrogens is 1. The molecule has 0 radical (unpaired) electrons. The van der Waals surface area contributed by atoms with Crippen LogP contribution < -0.4 is 9.47 Å². The van der Waals surface area contributed by atoms with Crippen molar-refractivity contribution in [2.75, 3.05) is 13.7 Å². The first kappa shape index (κ1) is 12.6. The highest BCUT2D eigenvalue weighted by molar-refractivity contribution is 5.85. The summed E-state index contributed by atoms with van der Waals surface area (Å²) in [5, 5.41) is 11.7. The van der Waals surface area contributed by atoms with Crippen molar-refractivity contribution in [1.29, 1.82) is 0 Å². The first-order valence-electron chi connectivity index (χ1n) is 5.76. The van der Waals surface area contributed by atoms with Crippen LogP contribution in [0.25, 0.3) is 10.8 Å². The Morgan fingerprint density at radius 1 is 1.22 bits per heavy atom. The van der Waals surface area contributed by atoms with Crippen LogP contribution in [0, 0.1) is 0 Å². The van der Waals surface area contributed by atoms with E-state index in [0.717, 1.165) is 10.8 Å². The molecule has 1 aromatic carbocycles. The minimum absolute atomic E-state index is 0.204. The number of hydrogen-bond donors (Lipinski definition) is 1. The number of fused-ring (bicyclic) bond motifs is 1. The highest BCUT2D eigenvalue weighted by Gasteiger charge is 2.15. The predicted molar refractivity (Wildman–Crippen MR) is 70.1 cm³/mol. The highest BCUT2D eigenvalue weighted by Crippen LogP contribution is 2.32. The summed E-state index contributed by atoms with van der Waals surface area (Å²) in [5.74, 6) is 1.26. The molecule has 0 saturated carbocycles. The summed E-state index contributed by atoms with van der Waals surface area (Å²) in [6.45, 7) is 3.60. The van der Waals surface area contributed by atoms with Crippen LogP contribution in [-0.2, 0) is 0 Å². The second kappa shape index (κ2) is 4.82. The smallest absolute Gasteiger partial charge is 0.162 e. The number of aliphatic hydroxyl groups is 1. The monoisotopic (exact) mass is 247 g/mol. The van der Waals surface area contributed by atoms with Gasteiger partial charge < -0.3 is 14.6 Å². The first-order chi connectivity index (χ1) is 8.49. The molecule has 0 bridgehead atoms.